The number of hydrogen-bond acceptors (Lipinski definition) is 4. The third-order valence-corrected chi connectivity index (χ3v) is 3.74. The second kappa shape index (κ2) is 5.71. The van der Waals surface area contributed by atoms with Gasteiger partial charge in [-0.1, -0.05) is 0 Å². The number of hydrogen-bond donors (Lipinski definition) is 3. The zero-order valence-electron chi connectivity index (χ0n) is 11.5. The Morgan fingerprint density at radius 3 is 2.90 bits per heavy atom. The average molecular weight is 275 g/mol. The van der Waals surface area contributed by atoms with Crippen LogP contribution >= 0.6 is 0 Å². The van der Waals surface area contributed by atoms with Gasteiger partial charge in [-0.15, -0.1) is 0 Å². The van der Waals surface area contributed by atoms with E-state index in [0.717, 1.165) is 44.5 Å². The van der Waals surface area contributed by atoms with Crippen LogP contribution in [0.4, 0.5) is 11.4 Å². The average Bonchev–Trinajstić information content (AvgIpc) is 3.09. The summed E-state index contributed by atoms with van der Waals surface area (Å²) in [5, 5.41) is 6.32. The van der Waals surface area contributed by atoms with Crippen molar-refractivity contribution in [2.45, 2.75) is 37.8 Å². The largest absolute Gasteiger partial charge is 0.399 e. The summed E-state index contributed by atoms with van der Waals surface area (Å²) >= 11 is 0. The summed E-state index contributed by atoms with van der Waals surface area (Å²) in [4.78, 5) is 12.2. The van der Waals surface area contributed by atoms with E-state index in [-0.39, 0.29) is 12.0 Å². The lowest BCUT2D eigenvalue weighted by Gasteiger charge is -2.15. The molecule has 0 bridgehead atoms. The molecule has 0 radical (unpaired) electrons. The van der Waals surface area contributed by atoms with Gasteiger partial charge < -0.3 is 21.1 Å². The minimum atomic E-state index is -0.0466. The van der Waals surface area contributed by atoms with Gasteiger partial charge in [0.15, 0.2) is 0 Å². The molecule has 0 unspecified atom stereocenters. The van der Waals surface area contributed by atoms with Crippen LogP contribution in [-0.2, 0) is 4.74 Å². The van der Waals surface area contributed by atoms with E-state index in [4.69, 9.17) is 10.5 Å². The molecule has 0 aromatic heterocycles. The minimum Gasteiger partial charge on any atom is -0.399 e. The Balaban J connectivity index is 1.69. The van der Waals surface area contributed by atoms with E-state index in [1.165, 1.54) is 0 Å². The summed E-state index contributed by atoms with van der Waals surface area (Å²) in [5.74, 6) is -0.0466. The molecule has 1 amide bonds. The zero-order chi connectivity index (χ0) is 13.9. The SMILES string of the molecule is Nc1ccc(NC[C@@H]2CCCO2)c(C(=O)NC2CC2)c1. The molecule has 3 rings (SSSR count). The summed E-state index contributed by atoms with van der Waals surface area (Å²) in [6, 6.07) is 5.75. The molecule has 4 N–H and O–H groups in total. The maximum absolute atomic E-state index is 12.2. The standard InChI is InChI=1S/C15H21N3O2/c16-10-3-6-14(17-9-12-2-1-7-20-12)13(8-10)15(19)18-11-4-5-11/h3,6,8,11-12,17H,1-2,4-5,7,9,16H2,(H,18,19)/t12-/m0/s1. The Hall–Kier alpha value is -1.75. The van der Waals surface area contributed by atoms with Gasteiger partial charge >= 0.3 is 0 Å². The Morgan fingerprint density at radius 1 is 1.35 bits per heavy atom. The van der Waals surface area contributed by atoms with Crippen molar-refractivity contribution in [3.63, 3.8) is 0 Å². The van der Waals surface area contributed by atoms with Crippen LogP contribution in [-0.4, -0.2) is 31.2 Å². The monoisotopic (exact) mass is 275 g/mol. The van der Waals surface area contributed by atoms with Gasteiger partial charge in [-0.25, -0.2) is 0 Å². The Kier molecular flexibility index (Phi) is 3.78. The van der Waals surface area contributed by atoms with Crippen LogP contribution in [0, 0.1) is 0 Å². The lowest BCUT2D eigenvalue weighted by atomic mass is 10.1. The molecule has 1 aliphatic carbocycles. The van der Waals surface area contributed by atoms with Crippen molar-refractivity contribution in [2.24, 2.45) is 0 Å². The molecular weight excluding hydrogens is 254 g/mol. The molecule has 5 nitrogen and oxygen atoms in total. The molecule has 0 spiro atoms. The van der Waals surface area contributed by atoms with Crippen molar-refractivity contribution < 1.29 is 9.53 Å². The topological polar surface area (TPSA) is 76.4 Å². The van der Waals surface area contributed by atoms with Crippen molar-refractivity contribution in [3.05, 3.63) is 23.8 Å². The third-order valence-electron chi connectivity index (χ3n) is 3.74. The summed E-state index contributed by atoms with van der Waals surface area (Å²) in [7, 11) is 0. The van der Waals surface area contributed by atoms with Crippen LogP contribution in [0.1, 0.15) is 36.0 Å². The lowest BCUT2D eigenvalue weighted by Crippen LogP contribution is -2.27. The number of nitrogens with one attached hydrogen (secondary N) is 2. The third kappa shape index (κ3) is 3.22. The summed E-state index contributed by atoms with van der Waals surface area (Å²) in [5.41, 5.74) is 7.85. The van der Waals surface area contributed by atoms with Crippen molar-refractivity contribution in [2.75, 3.05) is 24.2 Å². The number of rotatable bonds is 5. The minimum absolute atomic E-state index is 0.0466. The van der Waals surface area contributed by atoms with Crippen molar-refractivity contribution in [3.8, 4) is 0 Å². The van der Waals surface area contributed by atoms with Crippen molar-refractivity contribution >= 4 is 17.3 Å². The van der Waals surface area contributed by atoms with Gasteiger partial charge in [0.05, 0.1) is 11.7 Å². The van der Waals surface area contributed by atoms with Gasteiger partial charge in [0, 0.05) is 30.6 Å². The van der Waals surface area contributed by atoms with Gasteiger partial charge in [-0.05, 0) is 43.9 Å². The molecule has 108 valence electrons. The molecule has 1 saturated heterocycles. The number of benzene rings is 1. The van der Waals surface area contributed by atoms with Crippen LogP contribution in [0.3, 0.4) is 0 Å². The molecule has 20 heavy (non-hydrogen) atoms. The highest BCUT2D eigenvalue weighted by atomic mass is 16.5. The molecule has 1 aromatic carbocycles. The van der Waals surface area contributed by atoms with Crippen LogP contribution in [0.25, 0.3) is 0 Å². The van der Waals surface area contributed by atoms with E-state index < -0.39 is 0 Å². The fourth-order valence-corrected chi connectivity index (χ4v) is 2.42. The van der Waals surface area contributed by atoms with Crippen molar-refractivity contribution in [1.29, 1.82) is 0 Å². The molecule has 2 fully saturated rings. The number of nitrogens with two attached hydrogens (primary N) is 1. The van der Waals surface area contributed by atoms with Gasteiger partial charge in [-0.2, -0.15) is 0 Å². The van der Waals surface area contributed by atoms with Gasteiger partial charge in [0.25, 0.3) is 5.91 Å². The predicted molar refractivity (Wildman–Crippen MR) is 78.8 cm³/mol. The molecular formula is C15H21N3O2. The first-order chi connectivity index (χ1) is 9.72. The van der Waals surface area contributed by atoms with Crippen LogP contribution in [0.5, 0.6) is 0 Å². The van der Waals surface area contributed by atoms with E-state index in [1.54, 1.807) is 6.07 Å². The van der Waals surface area contributed by atoms with Gasteiger partial charge in [0.1, 0.15) is 0 Å². The second-order valence-corrected chi connectivity index (χ2v) is 5.57. The fourth-order valence-electron chi connectivity index (χ4n) is 2.42. The fraction of sp³-hybridized carbons (Fsp3) is 0.533. The van der Waals surface area contributed by atoms with Crippen LogP contribution in [0.15, 0.2) is 18.2 Å². The molecule has 1 aliphatic heterocycles. The highest BCUT2D eigenvalue weighted by molar-refractivity contribution is 6.00. The van der Waals surface area contributed by atoms with Crippen LogP contribution < -0.4 is 16.4 Å². The Labute approximate surface area is 118 Å². The highest BCUT2D eigenvalue weighted by Crippen LogP contribution is 2.23. The Bertz CT molecular complexity index is 494. The molecule has 1 heterocycles. The number of ether oxygens (including phenoxy) is 1. The second-order valence-electron chi connectivity index (χ2n) is 5.57. The summed E-state index contributed by atoms with van der Waals surface area (Å²) in [6.45, 7) is 1.57. The summed E-state index contributed by atoms with van der Waals surface area (Å²) < 4.78 is 5.59. The molecule has 1 atom stereocenters. The number of amides is 1. The van der Waals surface area contributed by atoms with E-state index in [1.807, 2.05) is 12.1 Å². The van der Waals surface area contributed by atoms with Crippen molar-refractivity contribution in [1.82, 2.24) is 5.32 Å². The molecule has 1 saturated carbocycles. The normalized spacial score (nSPS) is 21.7. The maximum atomic E-state index is 12.2. The quantitative estimate of drug-likeness (QED) is 0.716. The first kappa shape index (κ1) is 13.2. The molecule has 1 aromatic rings. The highest BCUT2D eigenvalue weighted by Gasteiger charge is 2.25. The van der Waals surface area contributed by atoms with Crippen LogP contribution in [0.2, 0.25) is 0 Å². The number of carbonyl (C=O) groups excluding carboxylic acids is 1. The first-order valence-electron chi connectivity index (χ1n) is 7.28. The van der Waals surface area contributed by atoms with Gasteiger partial charge in [0.2, 0.25) is 0 Å². The lowest BCUT2D eigenvalue weighted by molar-refractivity contribution is 0.0951. The smallest absolute Gasteiger partial charge is 0.253 e. The van der Waals surface area contributed by atoms with E-state index in [0.29, 0.717) is 17.3 Å². The maximum Gasteiger partial charge on any atom is 0.253 e. The van der Waals surface area contributed by atoms with E-state index >= 15 is 0 Å². The van der Waals surface area contributed by atoms with E-state index in [2.05, 4.69) is 10.6 Å². The Morgan fingerprint density at radius 2 is 2.20 bits per heavy atom. The number of anilines is 2. The molecule has 5 heteroatoms. The summed E-state index contributed by atoms with van der Waals surface area (Å²) in [6.07, 6.45) is 4.58. The van der Waals surface area contributed by atoms with Gasteiger partial charge in [-0.3, -0.25) is 4.79 Å². The first-order valence-corrected chi connectivity index (χ1v) is 7.28. The number of carbonyl (C=O) groups is 1. The number of nitrogen functional groups attached to an aromatic ring is 1. The zero-order valence-corrected chi connectivity index (χ0v) is 11.5. The predicted octanol–water partition coefficient (Wildman–Crippen LogP) is 1.75. The molecule has 2 aliphatic rings. The van der Waals surface area contributed by atoms with E-state index in [9.17, 15) is 4.79 Å².